The third kappa shape index (κ3) is 1.36. The standard InChI is InChI=1S/C13H14O5/c14-10-8(13(12(15)16)4-1-5-13)2-3-9-11(10)18-7-6-17-9/h2-3,14H,1,4-7H2,(H,15,16). The number of carboxylic acid groups (broad SMARTS) is 1. The zero-order valence-corrected chi connectivity index (χ0v) is 9.81. The van der Waals surface area contributed by atoms with E-state index < -0.39 is 11.4 Å². The lowest BCUT2D eigenvalue weighted by Gasteiger charge is -2.38. The molecule has 1 aliphatic carbocycles. The average Bonchev–Trinajstić information content (AvgIpc) is 2.30. The summed E-state index contributed by atoms with van der Waals surface area (Å²) in [5.41, 5.74) is -0.523. The number of benzene rings is 1. The van der Waals surface area contributed by atoms with Gasteiger partial charge in [-0.05, 0) is 18.9 Å². The van der Waals surface area contributed by atoms with Crippen molar-refractivity contribution in [3.05, 3.63) is 17.7 Å². The van der Waals surface area contributed by atoms with Gasteiger partial charge < -0.3 is 19.7 Å². The summed E-state index contributed by atoms with van der Waals surface area (Å²) < 4.78 is 10.7. The first-order valence-corrected chi connectivity index (χ1v) is 6.00. The summed E-state index contributed by atoms with van der Waals surface area (Å²) in [6.07, 6.45) is 1.96. The van der Waals surface area contributed by atoms with Crippen molar-refractivity contribution in [1.82, 2.24) is 0 Å². The number of phenolic OH excluding ortho intramolecular Hbond substituents is 1. The van der Waals surface area contributed by atoms with Crippen LogP contribution in [0.4, 0.5) is 0 Å². The van der Waals surface area contributed by atoms with Crippen molar-refractivity contribution >= 4 is 5.97 Å². The summed E-state index contributed by atoms with van der Waals surface area (Å²) in [6.45, 7) is 0.806. The second-order valence-corrected chi connectivity index (χ2v) is 4.73. The van der Waals surface area contributed by atoms with E-state index in [2.05, 4.69) is 0 Å². The molecule has 1 saturated carbocycles. The van der Waals surface area contributed by atoms with Gasteiger partial charge in [0.05, 0.1) is 5.41 Å². The van der Waals surface area contributed by atoms with Gasteiger partial charge in [0, 0.05) is 5.56 Å². The van der Waals surface area contributed by atoms with E-state index in [0.717, 1.165) is 6.42 Å². The minimum atomic E-state index is -0.958. The van der Waals surface area contributed by atoms with Gasteiger partial charge in [-0.1, -0.05) is 12.5 Å². The van der Waals surface area contributed by atoms with Crippen LogP contribution < -0.4 is 9.47 Å². The second-order valence-electron chi connectivity index (χ2n) is 4.73. The summed E-state index contributed by atoms with van der Waals surface area (Å²) >= 11 is 0. The number of fused-ring (bicyclic) bond motifs is 1. The number of carbonyl (C=O) groups is 1. The highest BCUT2D eigenvalue weighted by atomic mass is 16.6. The Kier molecular flexibility index (Phi) is 2.36. The molecule has 5 heteroatoms. The van der Waals surface area contributed by atoms with Crippen LogP contribution in [0.2, 0.25) is 0 Å². The third-order valence-electron chi connectivity index (χ3n) is 3.81. The van der Waals surface area contributed by atoms with Crippen LogP contribution in [0.3, 0.4) is 0 Å². The smallest absolute Gasteiger partial charge is 0.314 e. The van der Waals surface area contributed by atoms with Crippen LogP contribution in [-0.4, -0.2) is 29.4 Å². The molecule has 0 unspecified atom stereocenters. The first-order chi connectivity index (χ1) is 8.65. The highest BCUT2D eigenvalue weighted by Gasteiger charge is 2.48. The normalized spacial score (nSPS) is 20.0. The molecule has 18 heavy (non-hydrogen) atoms. The predicted octanol–water partition coefficient (Wildman–Crippen LogP) is 1.67. The number of hydrogen-bond acceptors (Lipinski definition) is 4. The molecule has 0 bridgehead atoms. The molecule has 96 valence electrons. The van der Waals surface area contributed by atoms with Gasteiger partial charge in [-0.25, -0.2) is 0 Å². The number of aliphatic carboxylic acids is 1. The average molecular weight is 250 g/mol. The molecule has 5 nitrogen and oxygen atoms in total. The molecule has 1 aromatic rings. The van der Waals surface area contributed by atoms with Crippen LogP contribution in [0.5, 0.6) is 17.2 Å². The predicted molar refractivity (Wildman–Crippen MR) is 62.3 cm³/mol. The van der Waals surface area contributed by atoms with Crippen molar-refractivity contribution in [2.45, 2.75) is 24.7 Å². The van der Waals surface area contributed by atoms with E-state index in [-0.39, 0.29) is 11.5 Å². The second kappa shape index (κ2) is 3.80. The molecule has 1 fully saturated rings. The fourth-order valence-corrected chi connectivity index (χ4v) is 2.62. The lowest BCUT2D eigenvalue weighted by atomic mass is 9.64. The summed E-state index contributed by atoms with van der Waals surface area (Å²) in [7, 11) is 0. The summed E-state index contributed by atoms with van der Waals surface area (Å²) in [5, 5.41) is 19.6. The van der Waals surface area contributed by atoms with Crippen molar-refractivity contribution in [2.75, 3.05) is 13.2 Å². The molecule has 0 spiro atoms. The number of ether oxygens (including phenoxy) is 2. The van der Waals surface area contributed by atoms with E-state index in [9.17, 15) is 15.0 Å². The third-order valence-corrected chi connectivity index (χ3v) is 3.81. The van der Waals surface area contributed by atoms with Crippen molar-refractivity contribution in [3.8, 4) is 17.2 Å². The lowest BCUT2D eigenvalue weighted by Crippen LogP contribution is -2.42. The molecule has 0 saturated heterocycles. The molecular weight excluding hydrogens is 236 g/mol. The topological polar surface area (TPSA) is 76.0 Å². The van der Waals surface area contributed by atoms with Gasteiger partial charge in [0.25, 0.3) is 0 Å². The summed E-state index contributed by atoms with van der Waals surface area (Å²) in [6, 6.07) is 3.31. The minimum absolute atomic E-state index is 0.0886. The first-order valence-electron chi connectivity index (χ1n) is 6.00. The summed E-state index contributed by atoms with van der Waals surface area (Å²) in [4.78, 5) is 11.4. The zero-order chi connectivity index (χ0) is 12.8. The Morgan fingerprint density at radius 3 is 2.56 bits per heavy atom. The molecule has 2 N–H and O–H groups in total. The van der Waals surface area contributed by atoms with E-state index in [1.807, 2.05) is 0 Å². The maximum absolute atomic E-state index is 11.4. The minimum Gasteiger partial charge on any atom is -0.504 e. The molecule has 1 aliphatic heterocycles. The van der Waals surface area contributed by atoms with Gasteiger partial charge in [0.1, 0.15) is 13.2 Å². The van der Waals surface area contributed by atoms with Crippen LogP contribution in [0.1, 0.15) is 24.8 Å². The van der Waals surface area contributed by atoms with Gasteiger partial charge >= 0.3 is 5.97 Å². The maximum atomic E-state index is 11.4. The quantitative estimate of drug-likeness (QED) is 0.835. The molecule has 1 heterocycles. The van der Waals surface area contributed by atoms with Crippen LogP contribution >= 0.6 is 0 Å². The Balaban J connectivity index is 2.10. The monoisotopic (exact) mass is 250 g/mol. The van der Waals surface area contributed by atoms with Gasteiger partial charge in [0.2, 0.25) is 5.75 Å². The summed E-state index contributed by atoms with van der Waals surface area (Å²) in [5.74, 6) is -0.233. The molecule has 0 aromatic heterocycles. The molecule has 0 amide bonds. The van der Waals surface area contributed by atoms with Gasteiger partial charge in [0.15, 0.2) is 11.5 Å². The van der Waals surface area contributed by atoms with Crippen molar-refractivity contribution in [3.63, 3.8) is 0 Å². The molecule has 3 rings (SSSR count). The number of rotatable bonds is 2. The molecule has 0 atom stereocenters. The van der Waals surface area contributed by atoms with E-state index in [1.165, 1.54) is 0 Å². The van der Waals surface area contributed by atoms with E-state index in [1.54, 1.807) is 12.1 Å². The fourth-order valence-electron chi connectivity index (χ4n) is 2.62. The molecule has 2 aliphatic rings. The number of phenols is 1. The van der Waals surface area contributed by atoms with E-state index >= 15 is 0 Å². The van der Waals surface area contributed by atoms with Crippen LogP contribution in [0.15, 0.2) is 12.1 Å². The van der Waals surface area contributed by atoms with Gasteiger partial charge in [-0.2, -0.15) is 0 Å². The van der Waals surface area contributed by atoms with Crippen LogP contribution in [0, 0.1) is 0 Å². The zero-order valence-electron chi connectivity index (χ0n) is 9.81. The van der Waals surface area contributed by atoms with E-state index in [4.69, 9.17) is 9.47 Å². The lowest BCUT2D eigenvalue weighted by molar-refractivity contribution is -0.147. The van der Waals surface area contributed by atoms with Gasteiger partial charge in [-0.3, -0.25) is 4.79 Å². The molecule has 1 aromatic carbocycles. The molecule has 0 radical (unpaired) electrons. The SMILES string of the molecule is O=C(O)C1(c2ccc3c(c2O)OCCO3)CCC1. The van der Waals surface area contributed by atoms with Crippen LogP contribution in [0.25, 0.3) is 0 Å². The Hall–Kier alpha value is -1.91. The largest absolute Gasteiger partial charge is 0.504 e. The number of hydrogen-bond donors (Lipinski definition) is 2. The van der Waals surface area contributed by atoms with Crippen LogP contribution in [-0.2, 0) is 10.2 Å². The highest BCUT2D eigenvalue weighted by Crippen LogP contribution is 2.52. The first kappa shape index (κ1) is 11.2. The number of aromatic hydroxyl groups is 1. The molecular formula is C13H14O5. The van der Waals surface area contributed by atoms with Gasteiger partial charge in [-0.15, -0.1) is 0 Å². The Morgan fingerprint density at radius 1 is 1.22 bits per heavy atom. The Bertz CT molecular complexity index is 504. The van der Waals surface area contributed by atoms with Crippen molar-refractivity contribution < 1.29 is 24.5 Å². The maximum Gasteiger partial charge on any atom is 0.314 e. The Morgan fingerprint density at radius 2 is 1.94 bits per heavy atom. The van der Waals surface area contributed by atoms with E-state index in [0.29, 0.717) is 37.4 Å². The fraction of sp³-hybridized carbons (Fsp3) is 0.462. The van der Waals surface area contributed by atoms with Crippen molar-refractivity contribution in [2.24, 2.45) is 0 Å². The Labute approximate surface area is 104 Å². The van der Waals surface area contributed by atoms with Crippen molar-refractivity contribution in [1.29, 1.82) is 0 Å². The number of carboxylic acids is 1. The highest BCUT2D eigenvalue weighted by molar-refractivity contribution is 5.84.